The first-order valence-corrected chi connectivity index (χ1v) is 9.71. The van der Waals surface area contributed by atoms with Crippen LogP contribution in [-0.4, -0.2) is 28.5 Å². The average molecular weight is 371 g/mol. The van der Waals surface area contributed by atoms with Crippen LogP contribution in [0.4, 0.5) is 5.13 Å². The zero-order valence-corrected chi connectivity index (χ0v) is 16.6. The number of hydrogen-bond donors (Lipinski definition) is 1. The van der Waals surface area contributed by atoms with E-state index >= 15 is 0 Å². The topological polar surface area (TPSA) is 52.0 Å². The van der Waals surface area contributed by atoms with Gasteiger partial charge in [0.05, 0.1) is 23.7 Å². The second-order valence-electron chi connectivity index (χ2n) is 6.64. The number of rotatable bonds is 8. The number of nitrogens with zero attached hydrogens (tertiary/aromatic N) is 3. The van der Waals surface area contributed by atoms with Gasteiger partial charge in [-0.1, -0.05) is 49.4 Å². The molecule has 6 heteroatoms. The highest BCUT2D eigenvalue weighted by Gasteiger charge is 2.12. The minimum Gasteiger partial charge on any atom is -0.383 e. The molecule has 0 aliphatic heterocycles. The molecule has 0 saturated carbocycles. The van der Waals surface area contributed by atoms with E-state index in [1.54, 1.807) is 18.4 Å². The third-order valence-corrected chi connectivity index (χ3v) is 5.42. The lowest BCUT2D eigenvalue weighted by Gasteiger charge is -2.07. The fourth-order valence-electron chi connectivity index (χ4n) is 2.70. The summed E-state index contributed by atoms with van der Waals surface area (Å²) in [6.07, 6.45) is 1.98. The van der Waals surface area contributed by atoms with Crippen LogP contribution in [0.15, 0.2) is 36.5 Å². The number of anilines is 1. The number of methoxy groups -OCH3 is 1. The molecule has 0 bridgehead atoms. The van der Waals surface area contributed by atoms with E-state index in [1.165, 1.54) is 11.1 Å². The first-order valence-electron chi connectivity index (χ1n) is 8.89. The summed E-state index contributed by atoms with van der Waals surface area (Å²) in [4.78, 5) is 5.76. The number of ether oxygens (including phenoxy) is 1. The summed E-state index contributed by atoms with van der Waals surface area (Å²) in [5, 5.41) is 8.98. The average Bonchev–Trinajstić information content (AvgIpc) is 3.24. The molecule has 0 amide bonds. The number of aromatic nitrogens is 3. The highest BCUT2D eigenvalue weighted by molar-refractivity contribution is 7.19. The Hall–Kier alpha value is -2.18. The summed E-state index contributed by atoms with van der Waals surface area (Å²) in [5.41, 5.74) is 4.59. The van der Waals surface area contributed by atoms with Gasteiger partial charge in [-0.3, -0.25) is 4.68 Å². The van der Waals surface area contributed by atoms with E-state index in [1.807, 2.05) is 23.9 Å². The molecule has 0 unspecified atom stereocenters. The molecule has 3 aromatic rings. The Balaban J connectivity index is 1.65. The van der Waals surface area contributed by atoms with E-state index < -0.39 is 0 Å². The van der Waals surface area contributed by atoms with Gasteiger partial charge in [-0.2, -0.15) is 5.10 Å². The van der Waals surface area contributed by atoms with Gasteiger partial charge in [0.1, 0.15) is 5.69 Å². The maximum Gasteiger partial charge on any atom is 0.183 e. The molecule has 2 heterocycles. The Labute approximate surface area is 159 Å². The molecule has 0 saturated heterocycles. The molecule has 26 heavy (non-hydrogen) atoms. The Morgan fingerprint density at radius 1 is 1.19 bits per heavy atom. The Morgan fingerprint density at radius 2 is 1.96 bits per heavy atom. The van der Waals surface area contributed by atoms with Gasteiger partial charge in [-0.25, -0.2) is 4.98 Å². The predicted molar refractivity (Wildman–Crippen MR) is 108 cm³/mol. The zero-order chi connectivity index (χ0) is 18.5. The van der Waals surface area contributed by atoms with Crippen LogP contribution in [0.25, 0.3) is 10.6 Å². The van der Waals surface area contributed by atoms with Crippen molar-refractivity contribution in [3.8, 4) is 10.6 Å². The molecule has 0 spiro atoms. The van der Waals surface area contributed by atoms with Crippen molar-refractivity contribution in [2.45, 2.75) is 39.8 Å². The summed E-state index contributed by atoms with van der Waals surface area (Å²) in [6.45, 7) is 8.64. The largest absolute Gasteiger partial charge is 0.383 e. The van der Waals surface area contributed by atoms with Gasteiger partial charge < -0.3 is 10.1 Å². The molecule has 0 radical (unpaired) electrons. The predicted octanol–water partition coefficient (Wildman–Crippen LogP) is 4.70. The van der Waals surface area contributed by atoms with Crippen LogP contribution in [0.2, 0.25) is 0 Å². The normalized spacial score (nSPS) is 11.3. The van der Waals surface area contributed by atoms with E-state index in [4.69, 9.17) is 4.74 Å². The van der Waals surface area contributed by atoms with Crippen molar-refractivity contribution in [1.29, 1.82) is 0 Å². The summed E-state index contributed by atoms with van der Waals surface area (Å²) in [7, 11) is 1.70. The lowest BCUT2D eigenvalue weighted by molar-refractivity contribution is 0.183. The zero-order valence-electron chi connectivity index (χ0n) is 15.8. The van der Waals surface area contributed by atoms with Gasteiger partial charge in [0, 0.05) is 19.9 Å². The molecule has 1 aromatic carbocycles. The molecular weight excluding hydrogens is 344 g/mol. The standard InChI is InChI=1S/C20H26N4OS/c1-14(2)17-7-5-16(6-8-17)13-21-20-22-15(3)19(26-20)18-9-10-24(23-18)11-12-25-4/h5-10,14H,11-13H2,1-4H3,(H,21,22). The van der Waals surface area contributed by atoms with Crippen LogP contribution in [0, 0.1) is 6.92 Å². The number of hydrogen-bond acceptors (Lipinski definition) is 5. The van der Waals surface area contributed by atoms with Gasteiger partial charge in [-0.15, -0.1) is 0 Å². The summed E-state index contributed by atoms with van der Waals surface area (Å²) in [5.74, 6) is 0.560. The minimum absolute atomic E-state index is 0.560. The van der Waals surface area contributed by atoms with Crippen molar-refractivity contribution in [2.75, 3.05) is 19.0 Å². The van der Waals surface area contributed by atoms with Crippen LogP contribution in [0.3, 0.4) is 0 Å². The third-order valence-electron chi connectivity index (χ3n) is 4.28. The van der Waals surface area contributed by atoms with Gasteiger partial charge in [0.15, 0.2) is 5.13 Å². The van der Waals surface area contributed by atoms with E-state index in [-0.39, 0.29) is 0 Å². The highest BCUT2D eigenvalue weighted by Crippen LogP contribution is 2.31. The molecular formula is C20H26N4OS. The van der Waals surface area contributed by atoms with Gasteiger partial charge in [0.2, 0.25) is 0 Å². The van der Waals surface area contributed by atoms with Crippen LogP contribution in [0.5, 0.6) is 0 Å². The molecule has 0 aliphatic carbocycles. The van der Waals surface area contributed by atoms with Crippen LogP contribution < -0.4 is 5.32 Å². The highest BCUT2D eigenvalue weighted by atomic mass is 32.1. The number of aryl methyl sites for hydroxylation is 1. The SMILES string of the molecule is COCCn1ccc(-c2sc(NCc3ccc(C(C)C)cc3)nc2C)n1. The first-order chi connectivity index (χ1) is 12.6. The fourth-order valence-corrected chi connectivity index (χ4v) is 3.63. The van der Waals surface area contributed by atoms with E-state index in [2.05, 4.69) is 53.5 Å². The summed E-state index contributed by atoms with van der Waals surface area (Å²) < 4.78 is 7.01. The van der Waals surface area contributed by atoms with E-state index in [0.29, 0.717) is 12.5 Å². The molecule has 0 fully saturated rings. The Kier molecular flexibility index (Phi) is 6.06. The van der Waals surface area contributed by atoms with Gasteiger partial charge >= 0.3 is 0 Å². The lowest BCUT2D eigenvalue weighted by atomic mass is 10.0. The molecule has 0 aliphatic rings. The number of thiazole rings is 1. The van der Waals surface area contributed by atoms with Crippen LogP contribution in [-0.2, 0) is 17.8 Å². The fraction of sp³-hybridized carbons (Fsp3) is 0.400. The minimum atomic E-state index is 0.560. The second-order valence-corrected chi connectivity index (χ2v) is 7.64. The van der Waals surface area contributed by atoms with Crippen LogP contribution in [0.1, 0.15) is 36.6 Å². The quantitative estimate of drug-likeness (QED) is 0.625. The number of benzene rings is 1. The van der Waals surface area contributed by atoms with Crippen LogP contribution >= 0.6 is 11.3 Å². The molecule has 138 valence electrons. The maximum absolute atomic E-state index is 5.10. The van der Waals surface area contributed by atoms with E-state index in [0.717, 1.165) is 34.5 Å². The number of nitrogens with one attached hydrogen (secondary N) is 1. The monoisotopic (exact) mass is 370 g/mol. The molecule has 3 rings (SSSR count). The van der Waals surface area contributed by atoms with E-state index in [9.17, 15) is 0 Å². The molecule has 5 nitrogen and oxygen atoms in total. The summed E-state index contributed by atoms with van der Waals surface area (Å²) in [6, 6.07) is 10.8. The molecule has 2 aromatic heterocycles. The maximum atomic E-state index is 5.10. The Morgan fingerprint density at radius 3 is 2.65 bits per heavy atom. The van der Waals surface area contributed by atoms with Gasteiger partial charge in [-0.05, 0) is 30.0 Å². The van der Waals surface area contributed by atoms with Crippen molar-refractivity contribution in [3.63, 3.8) is 0 Å². The van der Waals surface area contributed by atoms with Crippen molar-refractivity contribution in [3.05, 3.63) is 53.3 Å². The lowest BCUT2D eigenvalue weighted by Crippen LogP contribution is -2.04. The van der Waals surface area contributed by atoms with Crippen molar-refractivity contribution in [1.82, 2.24) is 14.8 Å². The smallest absolute Gasteiger partial charge is 0.183 e. The van der Waals surface area contributed by atoms with Crippen molar-refractivity contribution in [2.24, 2.45) is 0 Å². The second kappa shape index (κ2) is 8.47. The van der Waals surface area contributed by atoms with Gasteiger partial charge in [0.25, 0.3) is 0 Å². The van der Waals surface area contributed by atoms with Crippen molar-refractivity contribution < 1.29 is 4.74 Å². The summed E-state index contributed by atoms with van der Waals surface area (Å²) >= 11 is 1.65. The third kappa shape index (κ3) is 4.51. The Bertz CT molecular complexity index is 836. The molecule has 1 N–H and O–H groups in total. The van der Waals surface area contributed by atoms with Crippen molar-refractivity contribution >= 4 is 16.5 Å². The molecule has 0 atom stereocenters. The first kappa shape index (κ1) is 18.6.